The van der Waals surface area contributed by atoms with E-state index in [1.807, 2.05) is 0 Å². The number of hydrogen-bond donors (Lipinski definition) is 0. The third kappa shape index (κ3) is 3.49. The summed E-state index contributed by atoms with van der Waals surface area (Å²) in [7, 11) is 0. The number of halogens is 1. The van der Waals surface area contributed by atoms with Gasteiger partial charge >= 0.3 is 5.97 Å². The van der Waals surface area contributed by atoms with E-state index in [4.69, 9.17) is 9.47 Å². The van der Waals surface area contributed by atoms with Crippen molar-refractivity contribution in [2.75, 3.05) is 0 Å². The summed E-state index contributed by atoms with van der Waals surface area (Å²) >= 11 is 0. The Hall–Kier alpha value is -3.55. The maximum atomic E-state index is 13.8. The second-order valence-corrected chi connectivity index (χ2v) is 7.56. The van der Waals surface area contributed by atoms with Crippen LogP contribution in [0, 0.1) is 5.82 Å². The molecule has 0 unspecified atom stereocenters. The standard InChI is InChI=1S/C21H18FN3O4/c1-21(2,3)29-20(27)15-8-14-16(11-28-17-5-4-6-24-18(14)17)25(19(15)26)13-7-12(22)9-23-10-13/h4-10H,11H2,1-3H3. The van der Waals surface area contributed by atoms with Crippen LogP contribution in [0.4, 0.5) is 4.39 Å². The number of rotatable bonds is 2. The highest BCUT2D eigenvalue weighted by molar-refractivity contribution is 5.91. The Morgan fingerprint density at radius 3 is 2.79 bits per heavy atom. The number of hydrogen-bond acceptors (Lipinski definition) is 6. The van der Waals surface area contributed by atoms with Gasteiger partial charge in [0.25, 0.3) is 5.56 Å². The van der Waals surface area contributed by atoms with Crippen molar-refractivity contribution in [1.29, 1.82) is 0 Å². The first-order valence-electron chi connectivity index (χ1n) is 8.96. The van der Waals surface area contributed by atoms with Gasteiger partial charge in [-0.1, -0.05) is 0 Å². The molecule has 3 aromatic rings. The van der Waals surface area contributed by atoms with Crippen LogP contribution in [0.3, 0.4) is 0 Å². The number of esters is 1. The van der Waals surface area contributed by atoms with Crippen LogP contribution in [0.5, 0.6) is 5.75 Å². The van der Waals surface area contributed by atoms with Crippen LogP contribution in [0.25, 0.3) is 16.9 Å². The summed E-state index contributed by atoms with van der Waals surface area (Å²) in [5.74, 6) is -0.855. The van der Waals surface area contributed by atoms with Crippen molar-refractivity contribution in [3.8, 4) is 22.7 Å². The second-order valence-electron chi connectivity index (χ2n) is 7.56. The molecule has 29 heavy (non-hydrogen) atoms. The van der Waals surface area contributed by atoms with Crippen LogP contribution in [-0.4, -0.2) is 26.1 Å². The Labute approximate surface area is 165 Å². The predicted octanol–water partition coefficient (Wildman–Crippen LogP) is 3.28. The van der Waals surface area contributed by atoms with Gasteiger partial charge in [-0.25, -0.2) is 9.18 Å². The Morgan fingerprint density at radius 1 is 1.28 bits per heavy atom. The Kier molecular flexibility index (Phi) is 4.41. The number of pyridine rings is 3. The molecule has 0 amide bonds. The van der Waals surface area contributed by atoms with Crippen molar-refractivity contribution in [2.24, 2.45) is 0 Å². The molecule has 8 heteroatoms. The van der Waals surface area contributed by atoms with Gasteiger partial charge in [-0.2, -0.15) is 0 Å². The fourth-order valence-electron chi connectivity index (χ4n) is 3.13. The van der Waals surface area contributed by atoms with Crippen LogP contribution >= 0.6 is 0 Å². The Morgan fingerprint density at radius 2 is 2.07 bits per heavy atom. The van der Waals surface area contributed by atoms with Gasteiger partial charge in [-0.3, -0.25) is 19.3 Å². The molecule has 0 bridgehead atoms. The number of fused-ring (bicyclic) bond motifs is 3. The molecule has 0 saturated heterocycles. The maximum absolute atomic E-state index is 13.8. The van der Waals surface area contributed by atoms with Gasteiger partial charge in [-0.15, -0.1) is 0 Å². The third-order valence-electron chi connectivity index (χ3n) is 4.26. The van der Waals surface area contributed by atoms with Crippen molar-refractivity contribution >= 4 is 5.97 Å². The molecule has 3 aromatic heterocycles. The molecule has 7 nitrogen and oxygen atoms in total. The first-order valence-corrected chi connectivity index (χ1v) is 8.96. The van der Waals surface area contributed by atoms with Crippen molar-refractivity contribution < 1.29 is 18.7 Å². The summed E-state index contributed by atoms with van der Waals surface area (Å²) in [5.41, 5.74) is 0.0350. The minimum absolute atomic E-state index is 0.0500. The normalized spacial score (nSPS) is 12.6. The van der Waals surface area contributed by atoms with E-state index in [0.29, 0.717) is 22.7 Å². The lowest BCUT2D eigenvalue weighted by molar-refractivity contribution is 0.00670. The smallest absolute Gasteiger partial charge is 0.344 e. The molecule has 0 radical (unpaired) electrons. The van der Waals surface area contributed by atoms with Gasteiger partial charge in [0.1, 0.15) is 35.0 Å². The molecule has 0 atom stereocenters. The first-order chi connectivity index (χ1) is 13.7. The molecule has 1 aliphatic rings. The summed E-state index contributed by atoms with van der Waals surface area (Å²) in [4.78, 5) is 34.1. The molecule has 4 rings (SSSR count). The summed E-state index contributed by atoms with van der Waals surface area (Å²) in [6.45, 7) is 5.18. The lowest BCUT2D eigenvalue weighted by Crippen LogP contribution is -2.33. The zero-order valence-electron chi connectivity index (χ0n) is 16.1. The number of carbonyl (C=O) groups excluding carboxylic acids is 1. The second kappa shape index (κ2) is 6.80. The van der Waals surface area contributed by atoms with Crippen LogP contribution < -0.4 is 10.3 Å². The molecule has 1 aliphatic heterocycles. The molecule has 0 aromatic carbocycles. The maximum Gasteiger partial charge on any atom is 0.344 e. The minimum atomic E-state index is -0.788. The number of ether oxygens (including phenoxy) is 2. The molecule has 0 saturated carbocycles. The molecule has 0 N–H and O–H groups in total. The van der Waals surface area contributed by atoms with Gasteiger partial charge in [0.2, 0.25) is 0 Å². The van der Waals surface area contributed by atoms with Crippen molar-refractivity contribution in [3.05, 3.63) is 70.3 Å². The van der Waals surface area contributed by atoms with Gasteiger partial charge in [0.15, 0.2) is 0 Å². The van der Waals surface area contributed by atoms with E-state index in [-0.39, 0.29) is 17.9 Å². The average Bonchev–Trinajstić information content (AvgIpc) is 2.65. The van der Waals surface area contributed by atoms with Crippen LogP contribution in [0.15, 0.2) is 47.7 Å². The van der Waals surface area contributed by atoms with Crippen molar-refractivity contribution in [1.82, 2.24) is 14.5 Å². The summed E-state index contributed by atoms with van der Waals surface area (Å²) in [6, 6.07) is 6.10. The molecular formula is C21H18FN3O4. The van der Waals surface area contributed by atoms with E-state index >= 15 is 0 Å². The highest BCUT2D eigenvalue weighted by atomic mass is 19.1. The zero-order chi connectivity index (χ0) is 20.8. The number of carbonyl (C=O) groups is 1. The van der Waals surface area contributed by atoms with E-state index in [0.717, 1.165) is 6.20 Å². The number of aromatic nitrogens is 3. The fourth-order valence-corrected chi connectivity index (χ4v) is 3.13. The highest BCUT2D eigenvalue weighted by Crippen LogP contribution is 2.36. The van der Waals surface area contributed by atoms with Crippen molar-refractivity contribution in [3.63, 3.8) is 0 Å². The molecule has 4 heterocycles. The van der Waals surface area contributed by atoms with E-state index in [9.17, 15) is 14.0 Å². The zero-order valence-corrected chi connectivity index (χ0v) is 16.1. The predicted molar refractivity (Wildman–Crippen MR) is 103 cm³/mol. The Bertz CT molecular complexity index is 1180. The van der Waals surface area contributed by atoms with Gasteiger partial charge in [0.05, 0.1) is 23.8 Å². The summed E-state index contributed by atoms with van der Waals surface area (Å²) in [5, 5.41) is 0. The Balaban J connectivity index is 2.02. The lowest BCUT2D eigenvalue weighted by atomic mass is 10.0. The fraction of sp³-hybridized carbons (Fsp3) is 0.238. The van der Waals surface area contributed by atoms with Crippen LogP contribution in [0.2, 0.25) is 0 Å². The minimum Gasteiger partial charge on any atom is -0.485 e. The molecule has 0 aliphatic carbocycles. The van der Waals surface area contributed by atoms with E-state index in [1.54, 1.807) is 39.1 Å². The third-order valence-corrected chi connectivity index (χ3v) is 4.26. The summed E-state index contributed by atoms with van der Waals surface area (Å²) in [6.07, 6.45) is 3.97. The van der Waals surface area contributed by atoms with E-state index in [1.165, 1.54) is 22.9 Å². The number of nitrogens with zero attached hydrogens (tertiary/aromatic N) is 3. The quantitative estimate of drug-likeness (QED) is 0.619. The van der Waals surface area contributed by atoms with Gasteiger partial charge < -0.3 is 9.47 Å². The van der Waals surface area contributed by atoms with Crippen molar-refractivity contribution in [2.45, 2.75) is 33.0 Å². The van der Waals surface area contributed by atoms with Crippen LogP contribution in [0.1, 0.15) is 36.8 Å². The SMILES string of the molecule is CC(C)(C)OC(=O)c1cc2c(n(-c3cncc(F)c3)c1=O)COc1cccnc1-2. The molecule has 148 valence electrons. The van der Waals surface area contributed by atoms with Crippen LogP contribution in [-0.2, 0) is 11.3 Å². The van der Waals surface area contributed by atoms with E-state index < -0.39 is 22.9 Å². The monoisotopic (exact) mass is 395 g/mol. The molecule has 0 spiro atoms. The van der Waals surface area contributed by atoms with Gasteiger partial charge in [-0.05, 0) is 39.0 Å². The highest BCUT2D eigenvalue weighted by Gasteiger charge is 2.29. The average molecular weight is 395 g/mol. The first kappa shape index (κ1) is 18.8. The lowest BCUT2D eigenvalue weighted by Gasteiger charge is -2.25. The van der Waals surface area contributed by atoms with E-state index in [2.05, 4.69) is 9.97 Å². The van der Waals surface area contributed by atoms with Gasteiger partial charge in [0, 0.05) is 17.8 Å². The summed E-state index contributed by atoms with van der Waals surface area (Å²) < 4.78 is 26.2. The largest absolute Gasteiger partial charge is 0.485 e. The molecule has 0 fully saturated rings. The topological polar surface area (TPSA) is 83.3 Å². The molecular weight excluding hydrogens is 377 g/mol.